The predicted octanol–water partition coefficient (Wildman–Crippen LogP) is 3.56. The summed E-state index contributed by atoms with van der Waals surface area (Å²) in [6.45, 7) is 8.78. The molecule has 9 nitrogen and oxygen atoms in total. The topological polar surface area (TPSA) is 119 Å². The van der Waals surface area contributed by atoms with Crippen molar-refractivity contribution in [2.75, 3.05) is 10.0 Å². The number of sulfonamides is 1. The monoisotopic (exact) mass is 462 g/mol. The number of nitrogens with one attached hydrogen (secondary N) is 2. The van der Waals surface area contributed by atoms with Crippen LogP contribution in [0.5, 0.6) is 0 Å². The van der Waals surface area contributed by atoms with E-state index in [1.54, 1.807) is 45.4 Å². The molecular weight excluding hydrogens is 440 g/mol. The Balaban J connectivity index is 1.73. The number of rotatable bonds is 6. The van der Waals surface area contributed by atoms with Crippen LogP contribution in [-0.4, -0.2) is 34.1 Å². The minimum Gasteiger partial charge on any atom is -0.324 e. The van der Waals surface area contributed by atoms with Crippen molar-refractivity contribution < 1.29 is 13.2 Å². The van der Waals surface area contributed by atoms with Crippen LogP contribution in [-0.2, 0) is 14.8 Å². The Morgan fingerprint density at radius 3 is 2.16 bits per heavy atom. The molecule has 1 unspecified atom stereocenters. The number of hydrogen-bond acceptors (Lipinski definition) is 6. The van der Waals surface area contributed by atoms with Gasteiger partial charge in [0.15, 0.2) is 0 Å². The molecule has 3 rings (SSSR count). The number of carbonyl (C=O) groups is 1. The van der Waals surface area contributed by atoms with Crippen molar-refractivity contribution in [3.63, 3.8) is 0 Å². The third kappa shape index (κ3) is 5.02. The van der Waals surface area contributed by atoms with E-state index >= 15 is 0 Å². The van der Waals surface area contributed by atoms with Gasteiger partial charge in [0.1, 0.15) is 6.04 Å². The highest BCUT2D eigenvalue weighted by Crippen LogP contribution is 2.23. The molecule has 0 bridgehead atoms. The molecule has 1 atom stereocenters. The molecule has 0 saturated heterocycles. The number of aryl methyl sites for hydroxylation is 3. The van der Waals surface area contributed by atoms with Crippen LogP contribution in [0.2, 0.25) is 5.02 Å². The number of nitrogens with zero attached hydrogens (tertiary/aromatic N) is 4. The van der Waals surface area contributed by atoms with Gasteiger partial charge in [-0.1, -0.05) is 11.6 Å². The lowest BCUT2D eigenvalue weighted by atomic mass is 10.2. The molecule has 2 heterocycles. The molecule has 164 valence electrons. The van der Waals surface area contributed by atoms with E-state index in [1.165, 1.54) is 24.3 Å². The number of carbonyl (C=O) groups excluding carboxylic acids is 1. The third-order valence-electron chi connectivity index (χ3n) is 4.62. The fourth-order valence-electron chi connectivity index (χ4n) is 3.05. The third-order valence-corrected chi connectivity index (χ3v) is 6.51. The first-order valence-corrected chi connectivity index (χ1v) is 11.3. The first-order chi connectivity index (χ1) is 14.5. The molecule has 0 saturated carbocycles. The highest BCUT2D eigenvalue weighted by atomic mass is 35.5. The SMILES string of the molecule is Cc1cc(C)nc(NS(=O)(=O)c2ccc(NC(=O)C(C)n3nc(C)c(Cl)c3C)cc2)n1. The summed E-state index contributed by atoms with van der Waals surface area (Å²) in [5.74, 6) is -0.299. The normalized spacial score (nSPS) is 12.5. The number of aromatic nitrogens is 4. The molecule has 2 N–H and O–H groups in total. The average Bonchev–Trinajstić information content (AvgIpc) is 2.94. The minimum absolute atomic E-state index is 0.00671. The highest BCUT2D eigenvalue weighted by molar-refractivity contribution is 7.92. The molecule has 0 aliphatic heterocycles. The minimum atomic E-state index is -3.88. The molecule has 0 spiro atoms. The van der Waals surface area contributed by atoms with Crippen molar-refractivity contribution in [3.8, 4) is 0 Å². The van der Waals surface area contributed by atoms with Gasteiger partial charge >= 0.3 is 0 Å². The van der Waals surface area contributed by atoms with Gasteiger partial charge in [-0.2, -0.15) is 5.10 Å². The molecule has 0 aliphatic carbocycles. The summed E-state index contributed by atoms with van der Waals surface area (Å²) < 4.78 is 29.2. The smallest absolute Gasteiger partial charge is 0.264 e. The van der Waals surface area contributed by atoms with Gasteiger partial charge in [-0.05, 0) is 65.0 Å². The summed E-state index contributed by atoms with van der Waals surface area (Å²) in [6, 6.07) is 6.96. The van der Waals surface area contributed by atoms with Gasteiger partial charge in [-0.15, -0.1) is 0 Å². The quantitative estimate of drug-likeness (QED) is 0.578. The molecule has 1 aromatic carbocycles. The van der Waals surface area contributed by atoms with E-state index in [0.29, 0.717) is 33.5 Å². The molecule has 0 radical (unpaired) electrons. The van der Waals surface area contributed by atoms with Crippen molar-refractivity contribution in [1.29, 1.82) is 0 Å². The second-order valence-electron chi connectivity index (χ2n) is 7.20. The van der Waals surface area contributed by atoms with Gasteiger partial charge in [-0.3, -0.25) is 9.48 Å². The molecule has 0 aliphatic rings. The fourth-order valence-corrected chi connectivity index (χ4v) is 4.11. The molecule has 31 heavy (non-hydrogen) atoms. The van der Waals surface area contributed by atoms with Crippen molar-refractivity contribution in [1.82, 2.24) is 19.7 Å². The second kappa shape index (κ2) is 8.64. The first-order valence-electron chi connectivity index (χ1n) is 9.45. The maximum atomic E-state index is 12.6. The second-order valence-corrected chi connectivity index (χ2v) is 9.26. The van der Waals surface area contributed by atoms with E-state index in [-0.39, 0.29) is 16.8 Å². The van der Waals surface area contributed by atoms with Crippen LogP contribution in [0.4, 0.5) is 11.6 Å². The zero-order valence-electron chi connectivity index (χ0n) is 17.8. The van der Waals surface area contributed by atoms with Crippen LogP contribution in [0, 0.1) is 27.7 Å². The Morgan fingerprint density at radius 2 is 1.65 bits per heavy atom. The molecule has 3 aromatic rings. The maximum Gasteiger partial charge on any atom is 0.264 e. The van der Waals surface area contributed by atoms with Gasteiger partial charge in [0.25, 0.3) is 10.0 Å². The Hall–Kier alpha value is -2.98. The van der Waals surface area contributed by atoms with E-state index in [4.69, 9.17) is 11.6 Å². The van der Waals surface area contributed by atoms with Crippen molar-refractivity contribution in [3.05, 3.63) is 58.1 Å². The lowest BCUT2D eigenvalue weighted by Gasteiger charge is -2.15. The summed E-state index contributed by atoms with van der Waals surface area (Å²) in [6.07, 6.45) is 0. The summed E-state index contributed by atoms with van der Waals surface area (Å²) >= 11 is 6.16. The van der Waals surface area contributed by atoms with Crippen molar-refractivity contribution in [2.45, 2.75) is 45.6 Å². The van der Waals surface area contributed by atoms with E-state index in [2.05, 4.69) is 25.1 Å². The number of amides is 1. The van der Waals surface area contributed by atoms with Gasteiger partial charge < -0.3 is 5.32 Å². The van der Waals surface area contributed by atoms with Gasteiger partial charge in [0, 0.05) is 17.1 Å². The number of hydrogen-bond donors (Lipinski definition) is 2. The van der Waals surface area contributed by atoms with Crippen LogP contribution in [0.25, 0.3) is 0 Å². The van der Waals surface area contributed by atoms with Gasteiger partial charge in [0.05, 0.1) is 21.3 Å². The number of halogens is 1. The molecular formula is C20H23ClN6O3S. The van der Waals surface area contributed by atoms with E-state index in [1.807, 2.05) is 0 Å². The maximum absolute atomic E-state index is 12.6. The predicted molar refractivity (Wildman–Crippen MR) is 119 cm³/mol. The number of benzene rings is 1. The Bertz CT molecular complexity index is 1220. The van der Waals surface area contributed by atoms with E-state index < -0.39 is 16.1 Å². The first kappa shape index (κ1) is 22.7. The van der Waals surface area contributed by atoms with Crippen molar-refractivity contribution in [2.24, 2.45) is 0 Å². The Kier molecular flexibility index (Phi) is 6.33. The van der Waals surface area contributed by atoms with Crippen LogP contribution in [0.15, 0.2) is 35.2 Å². The molecule has 2 aromatic heterocycles. The fraction of sp³-hybridized carbons (Fsp3) is 0.300. The Labute approximate surface area is 185 Å². The van der Waals surface area contributed by atoms with Crippen LogP contribution < -0.4 is 10.0 Å². The zero-order chi connectivity index (χ0) is 22.9. The van der Waals surface area contributed by atoms with Crippen LogP contribution >= 0.6 is 11.6 Å². The van der Waals surface area contributed by atoms with E-state index in [0.717, 1.165) is 0 Å². The highest BCUT2D eigenvalue weighted by Gasteiger charge is 2.21. The molecule has 11 heteroatoms. The molecule has 0 fully saturated rings. The van der Waals surface area contributed by atoms with Crippen LogP contribution in [0.1, 0.15) is 35.7 Å². The summed E-state index contributed by atoms with van der Waals surface area (Å²) in [5.41, 5.74) is 3.10. The van der Waals surface area contributed by atoms with E-state index in [9.17, 15) is 13.2 Å². The molecule has 1 amide bonds. The lowest BCUT2D eigenvalue weighted by molar-refractivity contribution is -0.119. The summed E-state index contributed by atoms with van der Waals surface area (Å²) in [7, 11) is -3.88. The van der Waals surface area contributed by atoms with Gasteiger partial charge in [0.2, 0.25) is 11.9 Å². The van der Waals surface area contributed by atoms with Crippen molar-refractivity contribution >= 4 is 39.2 Å². The number of anilines is 2. The summed E-state index contributed by atoms with van der Waals surface area (Å²) in [4.78, 5) is 20.8. The Morgan fingerprint density at radius 1 is 1.06 bits per heavy atom. The zero-order valence-corrected chi connectivity index (χ0v) is 19.3. The lowest BCUT2D eigenvalue weighted by Crippen LogP contribution is -2.25. The average molecular weight is 463 g/mol. The standard InChI is InChI=1S/C20H23ClN6O3S/c1-11-10-12(2)23-20(22-11)26-31(29,30)17-8-6-16(7-9-17)24-19(28)15(5)27-14(4)18(21)13(3)25-27/h6-10,15H,1-5H3,(H,24,28)(H,22,23,26). The van der Waals surface area contributed by atoms with Crippen LogP contribution in [0.3, 0.4) is 0 Å². The van der Waals surface area contributed by atoms with Gasteiger partial charge in [-0.25, -0.2) is 23.1 Å². The summed E-state index contributed by atoms with van der Waals surface area (Å²) in [5, 5.41) is 7.57. The largest absolute Gasteiger partial charge is 0.324 e.